The van der Waals surface area contributed by atoms with Gasteiger partial charge in [-0.1, -0.05) is 24.3 Å². The molecule has 0 bridgehead atoms. The van der Waals surface area contributed by atoms with Crippen molar-refractivity contribution in [2.45, 2.75) is 33.9 Å². The summed E-state index contributed by atoms with van der Waals surface area (Å²) < 4.78 is 7.49. The Morgan fingerprint density at radius 2 is 2.04 bits per heavy atom. The number of aliphatic imine (C=N–C) groups is 1. The smallest absolute Gasteiger partial charge is 0.191 e. The lowest BCUT2D eigenvalue weighted by Gasteiger charge is -2.11. The minimum absolute atomic E-state index is 0. The fraction of sp³-hybridized carbons (Fsp3) is 0.474. The van der Waals surface area contributed by atoms with Gasteiger partial charge in [0.15, 0.2) is 5.96 Å². The molecule has 0 aliphatic carbocycles. The summed E-state index contributed by atoms with van der Waals surface area (Å²) in [7, 11) is 0. The van der Waals surface area contributed by atoms with Gasteiger partial charge in [0.05, 0.1) is 13.2 Å². The van der Waals surface area contributed by atoms with E-state index in [0.29, 0.717) is 13.2 Å². The Hall–Kier alpha value is -1.61. The third-order valence-electron chi connectivity index (χ3n) is 3.77. The van der Waals surface area contributed by atoms with Crippen LogP contribution in [-0.4, -0.2) is 41.8 Å². The largest absolute Gasteiger partial charge is 0.380 e. The molecule has 144 valence electrons. The molecule has 0 fully saturated rings. The van der Waals surface area contributed by atoms with Crippen molar-refractivity contribution in [2.24, 2.45) is 4.99 Å². The first-order valence-corrected chi connectivity index (χ1v) is 8.88. The standard InChI is InChI=1S/C19H29N5O.HI/c1-4-20-19(22-10-12-25-5-2)23-14-17-7-6-8-18(13-17)15-24-11-9-21-16(24)3;/h6-9,11,13H,4-5,10,12,14-15H2,1-3H3,(H2,20,22,23);1H. The highest BCUT2D eigenvalue weighted by Crippen LogP contribution is 2.09. The number of hydrogen-bond donors (Lipinski definition) is 2. The van der Waals surface area contributed by atoms with Gasteiger partial charge in [0.25, 0.3) is 0 Å². The van der Waals surface area contributed by atoms with Crippen LogP contribution in [0.2, 0.25) is 0 Å². The second-order valence-electron chi connectivity index (χ2n) is 5.74. The molecular weight excluding hydrogens is 441 g/mol. The molecule has 0 atom stereocenters. The number of hydrogen-bond acceptors (Lipinski definition) is 3. The minimum Gasteiger partial charge on any atom is -0.380 e. The van der Waals surface area contributed by atoms with Crippen molar-refractivity contribution in [3.8, 4) is 0 Å². The molecule has 0 spiro atoms. The zero-order valence-electron chi connectivity index (χ0n) is 15.9. The fourth-order valence-corrected chi connectivity index (χ4v) is 2.49. The zero-order valence-corrected chi connectivity index (χ0v) is 18.2. The summed E-state index contributed by atoms with van der Waals surface area (Å²) in [5, 5.41) is 6.54. The van der Waals surface area contributed by atoms with Crippen LogP contribution in [0.3, 0.4) is 0 Å². The lowest BCUT2D eigenvalue weighted by Crippen LogP contribution is -2.39. The first-order chi connectivity index (χ1) is 12.2. The van der Waals surface area contributed by atoms with Crippen LogP contribution >= 0.6 is 24.0 Å². The molecule has 0 amide bonds. The highest BCUT2D eigenvalue weighted by atomic mass is 127. The van der Waals surface area contributed by atoms with Crippen molar-refractivity contribution in [1.29, 1.82) is 0 Å². The molecule has 0 unspecified atom stereocenters. The first-order valence-electron chi connectivity index (χ1n) is 8.88. The molecular formula is C19H30IN5O. The molecule has 1 aromatic heterocycles. The van der Waals surface area contributed by atoms with Crippen molar-refractivity contribution in [1.82, 2.24) is 20.2 Å². The summed E-state index contributed by atoms with van der Waals surface area (Å²) in [4.78, 5) is 8.93. The van der Waals surface area contributed by atoms with E-state index in [1.807, 2.05) is 26.2 Å². The molecule has 7 heteroatoms. The number of benzene rings is 1. The predicted molar refractivity (Wildman–Crippen MR) is 117 cm³/mol. The van der Waals surface area contributed by atoms with Crippen molar-refractivity contribution in [3.05, 3.63) is 53.6 Å². The van der Waals surface area contributed by atoms with Crippen LogP contribution in [0.25, 0.3) is 0 Å². The Morgan fingerprint density at radius 3 is 2.73 bits per heavy atom. The minimum atomic E-state index is 0. The van der Waals surface area contributed by atoms with Gasteiger partial charge in [-0.05, 0) is 31.9 Å². The third kappa shape index (κ3) is 7.74. The molecule has 0 aliphatic heterocycles. The van der Waals surface area contributed by atoms with Crippen LogP contribution in [0, 0.1) is 6.92 Å². The maximum atomic E-state index is 5.35. The number of aryl methyl sites for hydroxylation is 1. The topological polar surface area (TPSA) is 63.5 Å². The molecule has 2 rings (SSSR count). The molecule has 1 heterocycles. The zero-order chi connectivity index (χ0) is 17.9. The van der Waals surface area contributed by atoms with Crippen LogP contribution in [0.15, 0.2) is 41.7 Å². The van der Waals surface area contributed by atoms with Gasteiger partial charge in [-0.15, -0.1) is 24.0 Å². The van der Waals surface area contributed by atoms with Gasteiger partial charge in [0.2, 0.25) is 0 Å². The number of guanidine groups is 1. The second-order valence-corrected chi connectivity index (χ2v) is 5.74. The molecule has 26 heavy (non-hydrogen) atoms. The maximum absolute atomic E-state index is 5.35. The monoisotopic (exact) mass is 471 g/mol. The lowest BCUT2D eigenvalue weighted by molar-refractivity contribution is 0.152. The van der Waals surface area contributed by atoms with Crippen LogP contribution < -0.4 is 10.6 Å². The van der Waals surface area contributed by atoms with Gasteiger partial charge < -0.3 is 19.9 Å². The average molecular weight is 471 g/mol. The van der Waals surface area contributed by atoms with Gasteiger partial charge in [-0.25, -0.2) is 9.98 Å². The SMILES string of the molecule is CCNC(=NCc1cccc(Cn2ccnc2C)c1)NCCOCC.I. The molecule has 2 N–H and O–H groups in total. The Labute approximate surface area is 173 Å². The predicted octanol–water partition coefficient (Wildman–Crippen LogP) is 2.95. The molecule has 0 radical (unpaired) electrons. The van der Waals surface area contributed by atoms with Crippen molar-refractivity contribution < 1.29 is 4.74 Å². The molecule has 1 aromatic carbocycles. The van der Waals surface area contributed by atoms with Gasteiger partial charge >= 0.3 is 0 Å². The van der Waals surface area contributed by atoms with E-state index in [4.69, 9.17) is 4.74 Å². The number of halogens is 1. The number of aromatic nitrogens is 2. The summed E-state index contributed by atoms with van der Waals surface area (Å²) >= 11 is 0. The number of imidazole rings is 1. The van der Waals surface area contributed by atoms with E-state index >= 15 is 0 Å². The van der Waals surface area contributed by atoms with Crippen molar-refractivity contribution in [3.63, 3.8) is 0 Å². The second kappa shape index (κ2) is 12.7. The maximum Gasteiger partial charge on any atom is 0.191 e. The van der Waals surface area contributed by atoms with E-state index in [0.717, 1.165) is 38.0 Å². The van der Waals surface area contributed by atoms with Crippen LogP contribution in [0.5, 0.6) is 0 Å². The van der Waals surface area contributed by atoms with Gasteiger partial charge in [-0.2, -0.15) is 0 Å². The first kappa shape index (κ1) is 22.4. The quantitative estimate of drug-likeness (QED) is 0.256. The van der Waals surface area contributed by atoms with Crippen LogP contribution in [-0.2, 0) is 17.8 Å². The van der Waals surface area contributed by atoms with Gasteiger partial charge in [-0.3, -0.25) is 0 Å². The van der Waals surface area contributed by atoms with E-state index in [-0.39, 0.29) is 24.0 Å². The summed E-state index contributed by atoms with van der Waals surface area (Å²) in [6.45, 7) is 10.5. The van der Waals surface area contributed by atoms with Crippen LogP contribution in [0.1, 0.15) is 30.8 Å². The Morgan fingerprint density at radius 1 is 1.23 bits per heavy atom. The molecule has 6 nitrogen and oxygen atoms in total. The fourth-order valence-electron chi connectivity index (χ4n) is 2.49. The van der Waals surface area contributed by atoms with Crippen molar-refractivity contribution >= 4 is 29.9 Å². The lowest BCUT2D eigenvalue weighted by atomic mass is 10.1. The van der Waals surface area contributed by atoms with Crippen molar-refractivity contribution in [2.75, 3.05) is 26.3 Å². The number of rotatable bonds is 9. The summed E-state index contributed by atoms with van der Waals surface area (Å²) in [6.07, 6.45) is 3.84. The van der Waals surface area contributed by atoms with E-state index in [1.165, 1.54) is 11.1 Å². The number of ether oxygens (including phenoxy) is 1. The Kier molecular flexibility index (Phi) is 11.0. The molecule has 0 aliphatic rings. The van der Waals surface area contributed by atoms with Gasteiger partial charge in [0.1, 0.15) is 5.82 Å². The Balaban J connectivity index is 0.00000338. The number of nitrogens with one attached hydrogen (secondary N) is 2. The highest BCUT2D eigenvalue weighted by molar-refractivity contribution is 14.0. The van der Waals surface area contributed by atoms with Gasteiger partial charge in [0, 0.05) is 38.6 Å². The van der Waals surface area contributed by atoms with Crippen LogP contribution in [0.4, 0.5) is 0 Å². The Bertz CT molecular complexity index is 671. The summed E-state index contributed by atoms with van der Waals surface area (Å²) in [5.74, 6) is 1.84. The van der Waals surface area contributed by atoms with E-state index in [9.17, 15) is 0 Å². The summed E-state index contributed by atoms with van der Waals surface area (Å²) in [6, 6.07) is 8.53. The van der Waals surface area contributed by atoms with E-state index in [1.54, 1.807) is 0 Å². The normalized spacial score (nSPS) is 11.1. The average Bonchev–Trinajstić information content (AvgIpc) is 3.01. The third-order valence-corrected chi connectivity index (χ3v) is 3.77. The molecule has 0 saturated carbocycles. The molecule has 0 saturated heterocycles. The summed E-state index contributed by atoms with van der Waals surface area (Å²) in [5.41, 5.74) is 2.44. The molecule has 2 aromatic rings. The van der Waals surface area contributed by atoms with E-state index in [2.05, 4.69) is 56.4 Å². The number of nitrogens with zero attached hydrogens (tertiary/aromatic N) is 3. The van der Waals surface area contributed by atoms with E-state index < -0.39 is 0 Å². The highest BCUT2D eigenvalue weighted by Gasteiger charge is 2.01.